The highest BCUT2D eigenvalue weighted by molar-refractivity contribution is 7.99. The molecule has 2 unspecified atom stereocenters. The van der Waals surface area contributed by atoms with Crippen molar-refractivity contribution >= 4 is 11.8 Å². The van der Waals surface area contributed by atoms with Crippen LogP contribution in [0.1, 0.15) is 65.7 Å². The van der Waals surface area contributed by atoms with Crippen LogP contribution in [0, 0.1) is 0 Å². The lowest BCUT2D eigenvalue weighted by Crippen LogP contribution is -2.37. The van der Waals surface area contributed by atoms with Crippen LogP contribution in [0.5, 0.6) is 0 Å². The Morgan fingerprint density at radius 2 is 1.81 bits per heavy atom. The standard InChI is InChI=1S/C13H30N2S/c1-4-6-7-8-9-10-13(15-14)11-16-12(3)5-2/h12-13,15H,4-11,14H2,1-3H3. The number of nitrogens with two attached hydrogens (primary N) is 1. The largest absolute Gasteiger partial charge is 0.271 e. The summed E-state index contributed by atoms with van der Waals surface area (Å²) in [5.41, 5.74) is 2.95. The van der Waals surface area contributed by atoms with E-state index in [2.05, 4.69) is 26.2 Å². The lowest BCUT2D eigenvalue weighted by atomic mass is 10.1. The van der Waals surface area contributed by atoms with Crippen molar-refractivity contribution in [3.8, 4) is 0 Å². The molecule has 0 heterocycles. The minimum Gasteiger partial charge on any atom is -0.271 e. The van der Waals surface area contributed by atoms with Crippen LogP contribution in [0.15, 0.2) is 0 Å². The van der Waals surface area contributed by atoms with Gasteiger partial charge in [-0.3, -0.25) is 11.3 Å². The topological polar surface area (TPSA) is 38.0 Å². The highest BCUT2D eigenvalue weighted by Gasteiger charge is 2.08. The van der Waals surface area contributed by atoms with Gasteiger partial charge in [0.05, 0.1) is 0 Å². The molecule has 0 spiro atoms. The van der Waals surface area contributed by atoms with Crippen molar-refractivity contribution in [1.82, 2.24) is 5.43 Å². The molecule has 3 N–H and O–H groups in total. The van der Waals surface area contributed by atoms with Gasteiger partial charge in [-0.1, -0.05) is 52.9 Å². The Hall–Kier alpha value is 0.270. The maximum atomic E-state index is 5.58. The van der Waals surface area contributed by atoms with Gasteiger partial charge in [0.25, 0.3) is 0 Å². The van der Waals surface area contributed by atoms with Crippen molar-refractivity contribution in [3.05, 3.63) is 0 Å². The zero-order valence-corrected chi connectivity index (χ0v) is 12.1. The van der Waals surface area contributed by atoms with Crippen LogP contribution >= 0.6 is 11.8 Å². The monoisotopic (exact) mass is 246 g/mol. The molecular formula is C13H30N2S. The molecule has 98 valence electrons. The van der Waals surface area contributed by atoms with Gasteiger partial charge in [-0.05, 0) is 12.8 Å². The quantitative estimate of drug-likeness (QED) is 0.331. The third-order valence-electron chi connectivity index (χ3n) is 3.05. The number of thioether (sulfide) groups is 1. The fraction of sp³-hybridized carbons (Fsp3) is 1.00. The molecule has 0 fully saturated rings. The Morgan fingerprint density at radius 1 is 1.12 bits per heavy atom. The number of nitrogens with one attached hydrogen (secondary N) is 1. The average Bonchev–Trinajstić information content (AvgIpc) is 2.32. The number of hydrogen-bond donors (Lipinski definition) is 2. The predicted molar refractivity (Wildman–Crippen MR) is 76.7 cm³/mol. The van der Waals surface area contributed by atoms with Gasteiger partial charge in [-0.15, -0.1) is 0 Å². The summed E-state index contributed by atoms with van der Waals surface area (Å²) < 4.78 is 0. The number of hydrazine groups is 1. The Balaban J connectivity index is 3.43. The van der Waals surface area contributed by atoms with Crippen molar-refractivity contribution < 1.29 is 0 Å². The van der Waals surface area contributed by atoms with E-state index in [0.29, 0.717) is 6.04 Å². The number of unbranched alkanes of at least 4 members (excludes halogenated alkanes) is 4. The number of hydrogen-bond acceptors (Lipinski definition) is 3. The molecule has 0 aliphatic heterocycles. The summed E-state index contributed by atoms with van der Waals surface area (Å²) in [6.45, 7) is 6.79. The highest BCUT2D eigenvalue weighted by atomic mass is 32.2. The third-order valence-corrected chi connectivity index (χ3v) is 4.55. The lowest BCUT2D eigenvalue weighted by Gasteiger charge is -2.17. The fourth-order valence-electron chi connectivity index (χ4n) is 1.61. The first-order valence-corrected chi connectivity index (χ1v) is 7.87. The second kappa shape index (κ2) is 11.7. The zero-order chi connectivity index (χ0) is 12.2. The van der Waals surface area contributed by atoms with E-state index in [-0.39, 0.29) is 0 Å². The second-order valence-corrected chi connectivity index (χ2v) is 6.09. The average molecular weight is 246 g/mol. The molecule has 0 saturated heterocycles. The predicted octanol–water partition coefficient (Wildman–Crippen LogP) is 3.71. The van der Waals surface area contributed by atoms with Crippen molar-refractivity contribution in [3.63, 3.8) is 0 Å². The normalized spacial score (nSPS) is 15.0. The fourth-order valence-corrected chi connectivity index (χ4v) is 2.67. The van der Waals surface area contributed by atoms with Crippen molar-refractivity contribution in [2.24, 2.45) is 5.84 Å². The van der Waals surface area contributed by atoms with Gasteiger partial charge >= 0.3 is 0 Å². The SMILES string of the molecule is CCCCCCCC(CSC(C)CC)NN. The zero-order valence-electron chi connectivity index (χ0n) is 11.3. The molecule has 0 aliphatic carbocycles. The van der Waals surface area contributed by atoms with Crippen LogP contribution < -0.4 is 11.3 Å². The lowest BCUT2D eigenvalue weighted by molar-refractivity contribution is 0.496. The van der Waals surface area contributed by atoms with Gasteiger partial charge < -0.3 is 0 Å². The van der Waals surface area contributed by atoms with E-state index in [1.165, 1.54) is 44.9 Å². The van der Waals surface area contributed by atoms with Crippen molar-refractivity contribution in [1.29, 1.82) is 0 Å². The molecule has 0 radical (unpaired) electrons. The van der Waals surface area contributed by atoms with Crippen LogP contribution in [-0.4, -0.2) is 17.0 Å². The molecule has 0 amide bonds. The molecule has 0 bridgehead atoms. The van der Waals surface area contributed by atoms with Crippen molar-refractivity contribution in [2.45, 2.75) is 77.0 Å². The van der Waals surface area contributed by atoms with E-state index in [1.54, 1.807) is 0 Å². The molecule has 0 rings (SSSR count). The van der Waals surface area contributed by atoms with Gasteiger partial charge in [0.2, 0.25) is 0 Å². The Kier molecular flexibility index (Phi) is 11.9. The molecule has 0 saturated carbocycles. The van der Waals surface area contributed by atoms with Gasteiger partial charge in [0.1, 0.15) is 0 Å². The summed E-state index contributed by atoms with van der Waals surface area (Å²) in [5, 5.41) is 0.760. The first-order valence-electron chi connectivity index (χ1n) is 6.82. The summed E-state index contributed by atoms with van der Waals surface area (Å²) in [6, 6.07) is 0.501. The summed E-state index contributed by atoms with van der Waals surface area (Å²) in [5.74, 6) is 6.73. The summed E-state index contributed by atoms with van der Waals surface area (Å²) in [4.78, 5) is 0. The molecule has 3 heteroatoms. The molecule has 0 aromatic carbocycles. The molecule has 2 nitrogen and oxygen atoms in total. The van der Waals surface area contributed by atoms with E-state index < -0.39 is 0 Å². The Labute approximate surface area is 106 Å². The van der Waals surface area contributed by atoms with Crippen LogP contribution in [-0.2, 0) is 0 Å². The highest BCUT2D eigenvalue weighted by Crippen LogP contribution is 2.17. The van der Waals surface area contributed by atoms with E-state index in [9.17, 15) is 0 Å². The van der Waals surface area contributed by atoms with Gasteiger partial charge in [0, 0.05) is 17.0 Å². The van der Waals surface area contributed by atoms with Crippen LogP contribution in [0.2, 0.25) is 0 Å². The number of rotatable bonds is 11. The molecule has 2 atom stereocenters. The van der Waals surface area contributed by atoms with E-state index >= 15 is 0 Å². The minimum absolute atomic E-state index is 0.501. The molecular weight excluding hydrogens is 216 g/mol. The van der Waals surface area contributed by atoms with Crippen molar-refractivity contribution in [2.75, 3.05) is 5.75 Å². The van der Waals surface area contributed by atoms with Gasteiger partial charge in [0.15, 0.2) is 0 Å². The van der Waals surface area contributed by atoms with Gasteiger partial charge in [-0.2, -0.15) is 11.8 Å². The maximum Gasteiger partial charge on any atom is 0.0301 e. The van der Waals surface area contributed by atoms with E-state index in [4.69, 9.17) is 5.84 Å². The summed E-state index contributed by atoms with van der Waals surface area (Å²) in [6.07, 6.45) is 9.23. The van der Waals surface area contributed by atoms with Crippen LogP contribution in [0.4, 0.5) is 0 Å². The Bertz CT molecular complexity index is 142. The maximum absolute atomic E-state index is 5.58. The molecule has 0 aromatic heterocycles. The first kappa shape index (κ1) is 16.3. The first-order chi connectivity index (χ1) is 7.74. The summed E-state index contributed by atoms with van der Waals surface area (Å²) in [7, 11) is 0. The second-order valence-electron chi connectivity index (χ2n) is 4.62. The molecule has 16 heavy (non-hydrogen) atoms. The van der Waals surface area contributed by atoms with Crippen LogP contribution in [0.25, 0.3) is 0 Å². The third kappa shape index (κ3) is 9.49. The summed E-state index contributed by atoms with van der Waals surface area (Å²) >= 11 is 2.03. The molecule has 0 aromatic rings. The smallest absolute Gasteiger partial charge is 0.0301 e. The van der Waals surface area contributed by atoms with Crippen LogP contribution in [0.3, 0.4) is 0 Å². The van der Waals surface area contributed by atoms with E-state index in [0.717, 1.165) is 11.0 Å². The minimum atomic E-state index is 0.501. The molecule has 0 aliphatic rings. The Morgan fingerprint density at radius 3 is 2.38 bits per heavy atom. The van der Waals surface area contributed by atoms with Gasteiger partial charge in [-0.25, -0.2) is 0 Å². The van der Waals surface area contributed by atoms with E-state index in [1.807, 2.05) is 11.8 Å².